The average Bonchev–Trinajstić information content (AvgIpc) is 3.42. The molecule has 0 saturated heterocycles. The van der Waals surface area contributed by atoms with Gasteiger partial charge in [0.2, 0.25) is 0 Å². The molecule has 1 aromatic heterocycles. The predicted molar refractivity (Wildman–Crippen MR) is 164 cm³/mol. The molecule has 6 nitrogen and oxygen atoms in total. The lowest BCUT2D eigenvalue weighted by atomic mass is 9.55. The van der Waals surface area contributed by atoms with Gasteiger partial charge in [-0.15, -0.1) is 0 Å². The topological polar surface area (TPSA) is 76.2 Å². The van der Waals surface area contributed by atoms with Gasteiger partial charge in [0.25, 0.3) is 5.91 Å². The Labute approximate surface area is 256 Å². The third kappa shape index (κ3) is 5.98. The smallest absolute Gasteiger partial charge is 0.258 e. The molecular weight excluding hydrogens is 599 g/mol. The van der Waals surface area contributed by atoms with Gasteiger partial charge in [0, 0.05) is 17.2 Å². The first-order valence-electron chi connectivity index (χ1n) is 14.2. The van der Waals surface area contributed by atoms with Crippen molar-refractivity contribution >= 4 is 37.4 Å². The van der Waals surface area contributed by atoms with Crippen molar-refractivity contribution < 1.29 is 22.7 Å². The van der Waals surface area contributed by atoms with Crippen LogP contribution in [0.25, 0.3) is 11.3 Å². The van der Waals surface area contributed by atoms with Crippen LogP contribution in [0.15, 0.2) is 42.6 Å². The summed E-state index contributed by atoms with van der Waals surface area (Å²) in [5.41, 5.74) is 0.563. The number of ether oxygens (including phenoxy) is 1. The molecule has 42 heavy (non-hydrogen) atoms. The standard InChI is InChI=1S/C31H37Cl2F2N3O3Si/c1-29(2,3)42(4,5)41-26-16-30(38-27(39)18-40-20-7-9-22(33)24(35)15-20)10-12-31(26,13-11-30)28-36-17-25(37-28)19-6-8-21(32)23(34)14-19/h6-9,14-15,17,26H,10-13,16,18H2,1-5H3,(H,36,37)(H,38,39)/t26-,30?,31?/m0/s1. The Morgan fingerprint density at radius 2 is 1.71 bits per heavy atom. The Balaban J connectivity index is 1.38. The summed E-state index contributed by atoms with van der Waals surface area (Å²) < 4.78 is 40.7. The second kappa shape index (κ2) is 11.2. The maximum atomic E-state index is 14.2. The summed E-state index contributed by atoms with van der Waals surface area (Å²) in [6.07, 6.45) is 5.20. The molecule has 2 N–H and O–H groups in total. The molecule has 3 aromatic rings. The average molecular weight is 637 g/mol. The van der Waals surface area contributed by atoms with E-state index < -0.39 is 25.5 Å². The number of benzene rings is 2. The molecule has 1 heterocycles. The number of hydrogen-bond donors (Lipinski definition) is 2. The molecule has 3 aliphatic carbocycles. The van der Waals surface area contributed by atoms with Crippen molar-refractivity contribution in [1.82, 2.24) is 15.3 Å². The minimum atomic E-state index is -2.21. The third-order valence-corrected chi connectivity index (χ3v) is 14.6. The van der Waals surface area contributed by atoms with Crippen LogP contribution in [0.2, 0.25) is 28.2 Å². The molecule has 0 spiro atoms. The van der Waals surface area contributed by atoms with Gasteiger partial charge >= 0.3 is 0 Å². The van der Waals surface area contributed by atoms with Gasteiger partial charge in [-0.3, -0.25) is 4.79 Å². The maximum absolute atomic E-state index is 14.2. The third-order valence-electron chi connectivity index (χ3n) is 9.48. The molecule has 3 saturated carbocycles. The molecule has 1 atom stereocenters. The van der Waals surface area contributed by atoms with E-state index in [0.29, 0.717) is 17.7 Å². The molecule has 0 aliphatic heterocycles. The summed E-state index contributed by atoms with van der Waals surface area (Å²) in [4.78, 5) is 21.4. The van der Waals surface area contributed by atoms with Crippen molar-refractivity contribution in [2.75, 3.05) is 6.61 Å². The predicted octanol–water partition coefficient (Wildman–Crippen LogP) is 8.20. The van der Waals surface area contributed by atoms with Crippen LogP contribution in [-0.2, 0) is 14.6 Å². The van der Waals surface area contributed by atoms with E-state index >= 15 is 0 Å². The van der Waals surface area contributed by atoms with Crippen LogP contribution in [-0.4, -0.2) is 42.4 Å². The normalized spacial score (nSPS) is 24.1. The summed E-state index contributed by atoms with van der Waals surface area (Å²) >= 11 is 11.7. The van der Waals surface area contributed by atoms with Crippen molar-refractivity contribution in [2.24, 2.45) is 0 Å². The number of H-pyrrole nitrogens is 1. The van der Waals surface area contributed by atoms with E-state index in [-0.39, 0.29) is 44.9 Å². The quantitative estimate of drug-likeness (QED) is 0.245. The highest BCUT2D eigenvalue weighted by atomic mass is 35.5. The number of rotatable bonds is 8. The number of aromatic amines is 1. The first-order valence-corrected chi connectivity index (χ1v) is 17.9. The number of carbonyl (C=O) groups is 1. The number of amides is 1. The monoisotopic (exact) mass is 635 g/mol. The van der Waals surface area contributed by atoms with E-state index in [4.69, 9.17) is 37.3 Å². The first-order chi connectivity index (χ1) is 19.6. The van der Waals surface area contributed by atoms with Crippen molar-refractivity contribution in [3.8, 4) is 17.0 Å². The minimum absolute atomic E-state index is 0.00429. The summed E-state index contributed by atoms with van der Waals surface area (Å²) in [5.74, 6) is -0.287. The Bertz CT molecular complexity index is 1480. The largest absolute Gasteiger partial charge is 0.484 e. The number of fused-ring (bicyclic) bond motifs is 3. The molecule has 3 aliphatic rings. The summed E-state index contributed by atoms with van der Waals surface area (Å²) in [5, 5.41) is 3.30. The Hall–Kier alpha value is -2.46. The van der Waals surface area contributed by atoms with E-state index in [1.165, 1.54) is 24.3 Å². The van der Waals surface area contributed by atoms with E-state index in [9.17, 15) is 13.6 Å². The molecule has 11 heteroatoms. The molecule has 3 fully saturated rings. The van der Waals surface area contributed by atoms with Gasteiger partial charge < -0.3 is 19.5 Å². The van der Waals surface area contributed by atoms with Gasteiger partial charge in [0.05, 0.1) is 33.5 Å². The zero-order valence-electron chi connectivity index (χ0n) is 24.5. The Morgan fingerprint density at radius 1 is 1.07 bits per heavy atom. The lowest BCUT2D eigenvalue weighted by Crippen LogP contribution is -2.66. The van der Waals surface area contributed by atoms with E-state index in [1.807, 2.05) is 0 Å². The number of aromatic nitrogens is 2. The van der Waals surface area contributed by atoms with Gasteiger partial charge in [-0.2, -0.15) is 0 Å². The van der Waals surface area contributed by atoms with Crippen molar-refractivity contribution in [3.63, 3.8) is 0 Å². The highest BCUT2D eigenvalue weighted by Gasteiger charge is 2.59. The van der Waals surface area contributed by atoms with Gasteiger partial charge in [-0.25, -0.2) is 13.8 Å². The summed E-state index contributed by atoms with van der Waals surface area (Å²) in [6.45, 7) is 10.9. The zero-order chi connectivity index (χ0) is 30.5. The molecule has 2 bridgehead atoms. The fourth-order valence-electron chi connectivity index (χ4n) is 5.94. The second-order valence-electron chi connectivity index (χ2n) is 13.2. The Morgan fingerprint density at radius 3 is 2.33 bits per heavy atom. The molecule has 0 radical (unpaired) electrons. The maximum Gasteiger partial charge on any atom is 0.258 e. The molecule has 2 aromatic carbocycles. The molecular formula is C31H37Cl2F2N3O3Si. The molecule has 226 valence electrons. The van der Waals surface area contributed by atoms with Gasteiger partial charge in [0.1, 0.15) is 23.2 Å². The van der Waals surface area contributed by atoms with Crippen LogP contribution in [0, 0.1) is 11.6 Å². The number of carbonyl (C=O) groups excluding carboxylic acids is 1. The number of hydrogen-bond acceptors (Lipinski definition) is 4. The fraction of sp³-hybridized carbons (Fsp3) is 0.484. The molecule has 1 amide bonds. The Kier molecular flexibility index (Phi) is 8.28. The van der Waals surface area contributed by atoms with E-state index in [1.54, 1.807) is 18.3 Å². The lowest BCUT2D eigenvalue weighted by Gasteiger charge is -2.58. The van der Waals surface area contributed by atoms with Crippen LogP contribution in [0.4, 0.5) is 8.78 Å². The van der Waals surface area contributed by atoms with Crippen LogP contribution in [0.1, 0.15) is 58.7 Å². The van der Waals surface area contributed by atoms with E-state index in [2.05, 4.69) is 44.2 Å². The highest BCUT2D eigenvalue weighted by Crippen LogP contribution is 2.56. The molecule has 0 unspecified atom stereocenters. The van der Waals surface area contributed by atoms with Crippen molar-refractivity contribution in [3.05, 3.63) is 70.1 Å². The van der Waals surface area contributed by atoms with Crippen LogP contribution in [0.3, 0.4) is 0 Å². The van der Waals surface area contributed by atoms with Gasteiger partial charge in [-0.05, 0) is 74.5 Å². The van der Waals surface area contributed by atoms with E-state index in [0.717, 1.165) is 31.5 Å². The van der Waals surface area contributed by atoms with Gasteiger partial charge in [-0.1, -0.05) is 50.0 Å². The second-order valence-corrected chi connectivity index (χ2v) is 18.8. The number of nitrogens with one attached hydrogen (secondary N) is 2. The molecule has 6 rings (SSSR count). The minimum Gasteiger partial charge on any atom is -0.484 e. The highest BCUT2D eigenvalue weighted by molar-refractivity contribution is 6.74. The van der Waals surface area contributed by atoms with Crippen LogP contribution >= 0.6 is 23.2 Å². The first kappa shape index (κ1) is 31.0. The zero-order valence-corrected chi connectivity index (χ0v) is 27.1. The van der Waals surface area contributed by atoms with Gasteiger partial charge in [0.15, 0.2) is 14.9 Å². The van der Waals surface area contributed by atoms with Crippen LogP contribution < -0.4 is 10.1 Å². The summed E-state index contributed by atoms with van der Waals surface area (Å²) in [6, 6.07) is 8.82. The summed E-state index contributed by atoms with van der Waals surface area (Å²) in [7, 11) is -2.21. The lowest BCUT2D eigenvalue weighted by molar-refractivity contribution is -0.129. The fourth-order valence-corrected chi connectivity index (χ4v) is 7.54. The van der Waals surface area contributed by atoms with Crippen molar-refractivity contribution in [1.29, 1.82) is 0 Å². The van der Waals surface area contributed by atoms with Crippen LogP contribution in [0.5, 0.6) is 5.75 Å². The SMILES string of the molecule is CC(C)(C)[Si](C)(C)O[C@H]1CC2(NC(=O)COc3ccc(Cl)c(F)c3)CCC1(c1ncc(-c3ccc(Cl)c(F)c3)[nH]1)CC2. The number of imidazole rings is 1. The number of halogens is 4. The number of nitrogens with zero attached hydrogens (tertiary/aromatic N) is 1. The van der Waals surface area contributed by atoms with Crippen molar-refractivity contribution in [2.45, 2.75) is 88.1 Å².